The number of nitro benzene ring substituents is 1. The zero-order chi connectivity index (χ0) is 17.2. The zero-order valence-corrected chi connectivity index (χ0v) is 14.2. The molecule has 0 atom stereocenters. The first-order chi connectivity index (χ1) is 12.2. The molecule has 4 aromatic rings. The number of fused-ring (bicyclic) bond motifs is 1. The van der Waals surface area contributed by atoms with E-state index in [1.54, 1.807) is 23.5 Å². The van der Waals surface area contributed by atoms with Gasteiger partial charge in [0.25, 0.3) is 5.69 Å². The van der Waals surface area contributed by atoms with Crippen LogP contribution < -0.4 is 0 Å². The third kappa shape index (κ3) is 3.21. The molecule has 25 heavy (non-hydrogen) atoms. The van der Waals surface area contributed by atoms with Gasteiger partial charge >= 0.3 is 0 Å². The number of non-ortho nitro benzene ring substituents is 1. The summed E-state index contributed by atoms with van der Waals surface area (Å²) in [6.45, 7) is 0. The van der Waals surface area contributed by atoms with Crippen molar-refractivity contribution in [3.8, 4) is 11.5 Å². The summed E-state index contributed by atoms with van der Waals surface area (Å²) in [4.78, 5) is 18.7. The topological polar surface area (TPSA) is 108 Å². The van der Waals surface area contributed by atoms with E-state index in [2.05, 4.69) is 20.2 Å². The first-order valence-electron chi connectivity index (χ1n) is 7.09. The molecule has 0 spiro atoms. The summed E-state index contributed by atoms with van der Waals surface area (Å²) in [7, 11) is 0. The summed E-state index contributed by atoms with van der Waals surface area (Å²) in [6.07, 6.45) is 1.54. The van der Waals surface area contributed by atoms with E-state index >= 15 is 0 Å². The van der Waals surface area contributed by atoms with Crippen LogP contribution in [0.3, 0.4) is 0 Å². The highest BCUT2D eigenvalue weighted by Gasteiger charge is 2.13. The van der Waals surface area contributed by atoms with Gasteiger partial charge in [-0.25, -0.2) is 9.97 Å². The molecule has 8 nitrogen and oxygen atoms in total. The van der Waals surface area contributed by atoms with Crippen LogP contribution >= 0.6 is 23.1 Å². The van der Waals surface area contributed by atoms with Gasteiger partial charge in [-0.05, 0) is 23.6 Å². The van der Waals surface area contributed by atoms with Crippen LogP contribution in [0.4, 0.5) is 5.69 Å². The minimum Gasteiger partial charge on any atom is -0.420 e. The van der Waals surface area contributed by atoms with E-state index in [0.29, 0.717) is 23.1 Å². The van der Waals surface area contributed by atoms with Crippen molar-refractivity contribution in [2.75, 3.05) is 0 Å². The number of nitrogens with zero attached hydrogens (tertiary/aromatic N) is 5. The van der Waals surface area contributed by atoms with Crippen LogP contribution in [0.2, 0.25) is 0 Å². The van der Waals surface area contributed by atoms with Crippen LogP contribution in [-0.2, 0) is 5.75 Å². The summed E-state index contributed by atoms with van der Waals surface area (Å²) < 4.78 is 6.66. The largest absolute Gasteiger partial charge is 0.420 e. The fourth-order valence-corrected chi connectivity index (χ4v) is 3.94. The molecule has 4 rings (SSSR count). The molecule has 0 unspecified atom stereocenters. The zero-order valence-electron chi connectivity index (χ0n) is 12.5. The lowest BCUT2D eigenvalue weighted by Crippen LogP contribution is -1.87. The Labute approximate surface area is 149 Å². The number of thiophene rings is 1. The molecule has 0 bridgehead atoms. The monoisotopic (exact) mass is 371 g/mol. The van der Waals surface area contributed by atoms with Gasteiger partial charge < -0.3 is 4.42 Å². The highest BCUT2D eigenvalue weighted by molar-refractivity contribution is 7.98. The average Bonchev–Trinajstić information content (AvgIpc) is 3.29. The SMILES string of the molecule is O=[N+]([O-])c1ccc(-c2nnc(CSc3ncnc4ccsc34)o2)cc1. The lowest BCUT2D eigenvalue weighted by molar-refractivity contribution is -0.384. The van der Waals surface area contributed by atoms with Crippen LogP contribution in [0.15, 0.2) is 51.5 Å². The van der Waals surface area contributed by atoms with Crippen LogP contribution in [0, 0.1) is 10.1 Å². The molecule has 1 aromatic carbocycles. The third-order valence-electron chi connectivity index (χ3n) is 3.33. The molecule has 0 fully saturated rings. The summed E-state index contributed by atoms with van der Waals surface area (Å²) in [5.41, 5.74) is 1.57. The summed E-state index contributed by atoms with van der Waals surface area (Å²) >= 11 is 3.08. The third-order valence-corrected chi connectivity index (χ3v) is 5.35. The highest BCUT2D eigenvalue weighted by Crippen LogP contribution is 2.31. The van der Waals surface area contributed by atoms with Crippen molar-refractivity contribution in [2.45, 2.75) is 10.8 Å². The van der Waals surface area contributed by atoms with E-state index in [9.17, 15) is 10.1 Å². The molecule has 0 amide bonds. The molecule has 0 radical (unpaired) electrons. The molecule has 3 heterocycles. The van der Waals surface area contributed by atoms with E-state index in [1.807, 2.05) is 11.4 Å². The highest BCUT2D eigenvalue weighted by atomic mass is 32.2. The number of rotatable bonds is 5. The fourth-order valence-electron chi connectivity index (χ4n) is 2.15. The molecule has 0 saturated carbocycles. The molecule has 0 aliphatic carbocycles. The summed E-state index contributed by atoms with van der Waals surface area (Å²) in [5, 5.41) is 21.6. The van der Waals surface area contributed by atoms with Crippen molar-refractivity contribution < 1.29 is 9.34 Å². The van der Waals surface area contributed by atoms with Crippen molar-refractivity contribution in [3.63, 3.8) is 0 Å². The quantitative estimate of drug-likeness (QED) is 0.225. The number of hydrogen-bond acceptors (Lipinski definition) is 9. The Hall–Kier alpha value is -2.85. The molecular weight excluding hydrogens is 362 g/mol. The summed E-state index contributed by atoms with van der Waals surface area (Å²) in [5.74, 6) is 1.26. The van der Waals surface area contributed by atoms with Gasteiger partial charge in [0.1, 0.15) is 11.4 Å². The second-order valence-corrected chi connectivity index (χ2v) is 6.79. The van der Waals surface area contributed by atoms with E-state index in [0.717, 1.165) is 15.2 Å². The van der Waals surface area contributed by atoms with Crippen molar-refractivity contribution >= 4 is 39.0 Å². The van der Waals surface area contributed by atoms with Gasteiger partial charge in [0, 0.05) is 17.7 Å². The maximum atomic E-state index is 10.7. The standard InChI is InChI=1S/C15H9N5O3S2/c21-20(22)10-3-1-9(2-4-10)14-19-18-12(23-14)7-25-15-13-11(5-6-24-13)16-8-17-15/h1-6,8H,7H2. The Morgan fingerprint density at radius 2 is 2.00 bits per heavy atom. The lowest BCUT2D eigenvalue weighted by Gasteiger charge is -1.98. The Morgan fingerprint density at radius 3 is 2.80 bits per heavy atom. The molecule has 124 valence electrons. The minimum absolute atomic E-state index is 0.0165. The molecule has 0 saturated heterocycles. The Bertz CT molecular complexity index is 1040. The van der Waals surface area contributed by atoms with Gasteiger partial charge in [0.15, 0.2) is 0 Å². The molecule has 0 aliphatic heterocycles. The van der Waals surface area contributed by atoms with E-state index in [4.69, 9.17) is 4.42 Å². The van der Waals surface area contributed by atoms with Gasteiger partial charge in [-0.2, -0.15) is 0 Å². The number of thioether (sulfide) groups is 1. The second-order valence-electron chi connectivity index (χ2n) is 4.91. The van der Waals surface area contributed by atoms with E-state index in [-0.39, 0.29) is 5.69 Å². The van der Waals surface area contributed by atoms with Crippen LogP contribution in [0.5, 0.6) is 0 Å². The van der Waals surface area contributed by atoms with Crippen molar-refractivity contribution in [1.29, 1.82) is 0 Å². The van der Waals surface area contributed by atoms with Crippen LogP contribution in [0.1, 0.15) is 5.89 Å². The fraction of sp³-hybridized carbons (Fsp3) is 0.0667. The lowest BCUT2D eigenvalue weighted by atomic mass is 10.2. The smallest absolute Gasteiger partial charge is 0.269 e. The van der Waals surface area contributed by atoms with E-state index in [1.165, 1.54) is 30.2 Å². The van der Waals surface area contributed by atoms with Crippen molar-refractivity contribution in [2.24, 2.45) is 0 Å². The first-order valence-corrected chi connectivity index (χ1v) is 8.95. The predicted molar refractivity (Wildman–Crippen MR) is 93.4 cm³/mol. The van der Waals surface area contributed by atoms with Crippen LogP contribution in [0.25, 0.3) is 21.7 Å². The van der Waals surface area contributed by atoms with Gasteiger partial charge in [-0.1, -0.05) is 11.8 Å². The number of benzene rings is 1. The average molecular weight is 371 g/mol. The molecule has 0 N–H and O–H groups in total. The van der Waals surface area contributed by atoms with Crippen LogP contribution in [-0.4, -0.2) is 25.1 Å². The van der Waals surface area contributed by atoms with Gasteiger partial charge in [0.2, 0.25) is 11.8 Å². The number of hydrogen-bond donors (Lipinski definition) is 0. The first kappa shape index (κ1) is 15.7. The molecule has 3 aromatic heterocycles. The number of aromatic nitrogens is 4. The molecular formula is C15H9N5O3S2. The Morgan fingerprint density at radius 1 is 1.16 bits per heavy atom. The van der Waals surface area contributed by atoms with E-state index < -0.39 is 4.92 Å². The Balaban J connectivity index is 1.50. The van der Waals surface area contributed by atoms with Gasteiger partial charge in [-0.3, -0.25) is 10.1 Å². The predicted octanol–water partition coefficient (Wildman–Crippen LogP) is 3.94. The molecule has 10 heteroatoms. The maximum Gasteiger partial charge on any atom is 0.269 e. The summed E-state index contributed by atoms with van der Waals surface area (Å²) in [6, 6.07) is 7.93. The van der Waals surface area contributed by atoms with Crippen molar-refractivity contribution in [1.82, 2.24) is 20.2 Å². The second kappa shape index (κ2) is 6.57. The Kier molecular flexibility index (Phi) is 4.12. The maximum absolute atomic E-state index is 10.7. The normalized spacial score (nSPS) is 11.0. The number of nitro groups is 1. The van der Waals surface area contributed by atoms with Gasteiger partial charge in [0.05, 0.1) is 20.9 Å². The minimum atomic E-state index is -0.452. The van der Waals surface area contributed by atoms with Gasteiger partial charge in [-0.15, -0.1) is 21.5 Å². The molecule has 0 aliphatic rings. The van der Waals surface area contributed by atoms with Crippen molar-refractivity contribution in [3.05, 3.63) is 58.0 Å².